The fourth-order valence-electron chi connectivity index (χ4n) is 5.59. The van der Waals surface area contributed by atoms with E-state index in [2.05, 4.69) is 5.32 Å². The number of benzene rings is 3. The van der Waals surface area contributed by atoms with Crippen LogP contribution in [0.4, 0.5) is 0 Å². The zero-order valence-electron chi connectivity index (χ0n) is 21.5. The standard InChI is InChI=1S/C31H28N2O6S/c34-24(35)19-31(30(38)39)26-25(28(36)33(29(26)37)17-18-40-23-9-5-2-6-10-23)27(32-31)22-15-13-21(14-16-22)12-11-20-7-3-1-4-8-20/h1-16,25-27,32H,17-19H2,(H,34,35)(H,38,39). The van der Waals surface area contributed by atoms with Gasteiger partial charge in [0.25, 0.3) is 0 Å². The predicted octanol–water partition coefficient (Wildman–Crippen LogP) is 4.19. The van der Waals surface area contributed by atoms with Crippen molar-refractivity contribution < 1.29 is 29.4 Å². The number of thioether (sulfide) groups is 1. The van der Waals surface area contributed by atoms with Crippen molar-refractivity contribution in [2.45, 2.75) is 22.9 Å². The van der Waals surface area contributed by atoms with Crippen LogP contribution in [-0.4, -0.2) is 56.7 Å². The first kappa shape index (κ1) is 27.4. The third-order valence-corrected chi connectivity index (χ3v) is 8.44. The molecule has 2 amide bonds. The minimum atomic E-state index is -2.11. The molecule has 5 rings (SSSR count). The average molecular weight is 557 g/mol. The number of nitrogens with zero attached hydrogens (tertiary/aromatic N) is 1. The van der Waals surface area contributed by atoms with Crippen LogP contribution in [0.15, 0.2) is 89.8 Å². The summed E-state index contributed by atoms with van der Waals surface area (Å²) in [6.07, 6.45) is 3.07. The van der Waals surface area contributed by atoms with Crippen molar-refractivity contribution in [1.82, 2.24) is 10.2 Å². The molecule has 3 aromatic rings. The maximum absolute atomic E-state index is 13.7. The zero-order valence-corrected chi connectivity index (χ0v) is 22.3. The number of hydrogen-bond donors (Lipinski definition) is 3. The number of hydrogen-bond acceptors (Lipinski definition) is 6. The summed E-state index contributed by atoms with van der Waals surface area (Å²) in [6.45, 7) is 0.100. The Hall–Kier alpha value is -4.21. The third kappa shape index (κ3) is 5.30. The maximum atomic E-state index is 13.7. The van der Waals surface area contributed by atoms with Gasteiger partial charge >= 0.3 is 11.9 Å². The Kier molecular flexibility index (Phi) is 7.86. The Morgan fingerprint density at radius 1 is 0.850 bits per heavy atom. The van der Waals surface area contributed by atoms with Gasteiger partial charge in [-0.1, -0.05) is 84.9 Å². The molecule has 2 saturated heterocycles. The molecule has 2 aliphatic heterocycles. The van der Waals surface area contributed by atoms with E-state index < -0.39 is 53.6 Å². The monoisotopic (exact) mass is 556 g/mol. The van der Waals surface area contributed by atoms with Crippen molar-refractivity contribution >= 4 is 47.7 Å². The molecule has 4 atom stereocenters. The highest BCUT2D eigenvalue weighted by molar-refractivity contribution is 7.99. The molecule has 0 bridgehead atoms. The van der Waals surface area contributed by atoms with Crippen LogP contribution in [-0.2, 0) is 19.2 Å². The molecule has 0 radical (unpaired) electrons. The van der Waals surface area contributed by atoms with E-state index in [1.165, 1.54) is 11.8 Å². The predicted molar refractivity (Wildman–Crippen MR) is 151 cm³/mol. The Labute approximate surface area is 235 Å². The van der Waals surface area contributed by atoms with Crippen LogP contribution >= 0.6 is 11.8 Å². The molecule has 2 heterocycles. The molecule has 4 unspecified atom stereocenters. The van der Waals surface area contributed by atoms with Crippen LogP contribution in [0.5, 0.6) is 0 Å². The molecule has 40 heavy (non-hydrogen) atoms. The number of carbonyl (C=O) groups excluding carboxylic acids is 2. The Bertz CT molecular complexity index is 1440. The Morgan fingerprint density at radius 2 is 1.45 bits per heavy atom. The highest BCUT2D eigenvalue weighted by Gasteiger charge is 2.68. The van der Waals surface area contributed by atoms with Crippen molar-refractivity contribution in [3.05, 3.63) is 102 Å². The topological polar surface area (TPSA) is 124 Å². The summed E-state index contributed by atoms with van der Waals surface area (Å²) in [7, 11) is 0. The number of aliphatic carboxylic acids is 2. The van der Waals surface area contributed by atoms with E-state index in [4.69, 9.17) is 0 Å². The van der Waals surface area contributed by atoms with Crippen molar-refractivity contribution in [3.8, 4) is 0 Å². The fraction of sp³-hybridized carbons (Fsp3) is 0.226. The summed E-state index contributed by atoms with van der Waals surface area (Å²) in [5.41, 5.74) is 0.432. The summed E-state index contributed by atoms with van der Waals surface area (Å²) < 4.78 is 0. The van der Waals surface area contributed by atoms with Crippen LogP contribution in [0.2, 0.25) is 0 Å². The largest absolute Gasteiger partial charge is 0.481 e. The smallest absolute Gasteiger partial charge is 0.325 e. The van der Waals surface area contributed by atoms with Crippen LogP contribution in [0.1, 0.15) is 29.2 Å². The zero-order chi connectivity index (χ0) is 28.3. The first-order valence-corrected chi connectivity index (χ1v) is 13.9. The molecule has 3 aromatic carbocycles. The van der Waals surface area contributed by atoms with Crippen molar-refractivity contribution in [2.24, 2.45) is 11.8 Å². The molecule has 0 aliphatic carbocycles. The summed E-state index contributed by atoms with van der Waals surface area (Å²) >= 11 is 1.48. The number of amides is 2. The Balaban J connectivity index is 1.42. The first-order valence-electron chi connectivity index (χ1n) is 12.9. The SMILES string of the molecule is O=C(O)CC1(C(=O)O)NC(c2ccc(C=Cc3ccccc3)cc2)C2C(=O)N(CCSc3ccccc3)C(=O)C21. The number of imide groups is 1. The summed E-state index contributed by atoms with van der Waals surface area (Å²) in [5.74, 6) is -5.90. The van der Waals surface area contributed by atoms with Crippen molar-refractivity contribution in [3.63, 3.8) is 0 Å². The molecule has 204 valence electrons. The summed E-state index contributed by atoms with van der Waals surface area (Å²) in [4.78, 5) is 53.7. The third-order valence-electron chi connectivity index (χ3n) is 7.45. The summed E-state index contributed by atoms with van der Waals surface area (Å²) in [5, 5.41) is 22.8. The second kappa shape index (κ2) is 11.5. The van der Waals surface area contributed by atoms with Crippen LogP contribution < -0.4 is 5.32 Å². The molecular formula is C31H28N2O6S. The quantitative estimate of drug-likeness (QED) is 0.193. The van der Waals surface area contributed by atoms with E-state index in [0.717, 1.165) is 20.9 Å². The minimum absolute atomic E-state index is 0.100. The van der Waals surface area contributed by atoms with Gasteiger partial charge in [-0.05, 0) is 28.8 Å². The van der Waals surface area contributed by atoms with Gasteiger partial charge in [0.05, 0.1) is 18.3 Å². The highest BCUT2D eigenvalue weighted by Crippen LogP contribution is 2.50. The lowest BCUT2D eigenvalue weighted by atomic mass is 9.77. The molecule has 0 aromatic heterocycles. The number of nitrogens with one attached hydrogen (secondary N) is 1. The minimum Gasteiger partial charge on any atom is -0.481 e. The van der Waals surface area contributed by atoms with Crippen LogP contribution in [0.25, 0.3) is 12.2 Å². The van der Waals surface area contributed by atoms with Gasteiger partial charge in [-0.3, -0.25) is 29.4 Å². The number of likely N-dealkylation sites (tertiary alicyclic amines) is 1. The fourth-order valence-corrected chi connectivity index (χ4v) is 6.44. The molecule has 2 aliphatic rings. The second-order valence-electron chi connectivity index (χ2n) is 9.87. The number of carbonyl (C=O) groups is 4. The van der Waals surface area contributed by atoms with E-state index >= 15 is 0 Å². The summed E-state index contributed by atoms with van der Waals surface area (Å²) in [6, 6.07) is 25.7. The van der Waals surface area contributed by atoms with Gasteiger partial charge in [-0.2, -0.15) is 0 Å². The average Bonchev–Trinajstić information content (AvgIpc) is 3.42. The van der Waals surface area contributed by atoms with E-state index in [1.807, 2.05) is 84.9 Å². The van der Waals surface area contributed by atoms with Gasteiger partial charge in [0.1, 0.15) is 5.54 Å². The van der Waals surface area contributed by atoms with Gasteiger partial charge in [0, 0.05) is 23.2 Å². The first-order chi connectivity index (χ1) is 19.3. The lowest BCUT2D eigenvalue weighted by Gasteiger charge is -2.29. The van der Waals surface area contributed by atoms with E-state index in [1.54, 1.807) is 12.1 Å². The molecule has 8 nitrogen and oxygen atoms in total. The highest BCUT2D eigenvalue weighted by atomic mass is 32.2. The molecule has 3 N–H and O–H groups in total. The molecule has 0 saturated carbocycles. The van der Waals surface area contributed by atoms with E-state index in [-0.39, 0.29) is 6.54 Å². The van der Waals surface area contributed by atoms with Gasteiger partial charge < -0.3 is 10.2 Å². The van der Waals surface area contributed by atoms with Crippen LogP contribution in [0, 0.1) is 11.8 Å². The van der Waals surface area contributed by atoms with Gasteiger partial charge in [0.2, 0.25) is 11.8 Å². The maximum Gasteiger partial charge on any atom is 0.325 e. The van der Waals surface area contributed by atoms with Crippen molar-refractivity contribution in [1.29, 1.82) is 0 Å². The molecule has 0 spiro atoms. The molecule has 9 heteroatoms. The number of carboxylic acid groups (broad SMARTS) is 2. The number of carboxylic acids is 2. The van der Waals surface area contributed by atoms with E-state index in [0.29, 0.717) is 11.3 Å². The van der Waals surface area contributed by atoms with E-state index in [9.17, 15) is 29.4 Å². The number of rotatable bonds is 10. The Morgan fingerprint density at radius 3 is 2.05 bits per heavy atom. The second-order valence-corrected chi connectivity index (χ2v) is 11.0. The number of fused-ring (bicyclic) bond motifs is 1. The lowest BCUT2D eigenvalue weighted by molar-refractivity contribution is -0.155. The van der Waals surface area contributed by atoms with Crippen molar-refractivity contribution in [2.75, 3.05) is 12.3 Å². The normalized spacial score (nSPS) is 24.0. The molecule has 2 fully saturated rings. The van der Waals surface area contributed by atoms with Gasteiger partial charge in [-0.25, -0.2) is 0 Å². The van der Waals surface area contributed by atoms with Gasteiger partial charge in [-0.15, -0.1) is 11.8 Å². The van der Waals surface area contributed by atoms with Crippen LogP contribution in [0.3, 0.4) is 0 Å². The van der Waals surface area contributed by atoms with Gasteiger partial charge in [0.15, 0.2) is 0 Å². The lowest BCUT2D eigenvalue weighted by Crippen LogP contribution is -2.57. The molecular weight excluding hydrogens is 528 g/mol.